The van der Waals surface area contributed by atoms with Gasteiger partial charge in [-0.15, -0.1) is 0 Å². The van der Waals surface area contributed by atoms with Gasteiger partial charge in [0, 0.05) is 5.69 Å². The minimum atomic E-state index is 0.559. The smallest absolute Gasteiger partial charge is 0.133 e. The first kappa shape index (κ1) is 11.8. The molecular formula is C12H18ClN3. The van der Waals surface area contributed by atoms with Crippen LogP contribution in [0.1, 0.15) is 30.8 Å². The number of hydrogen-bond donors (Lipinski definition) is 0. The van der Waals surface area contributed by atoms with E-state index in [9.17, 15) is 0 Å². The number of nitrogens with zero attached hydrogens (tertiary/aromatic N) is 3. The van der Waals surface area contributed by atoms with Crippen molar-refractivity contribution in [3.8, 4) is 0 Å². The Morgan fingerprint density at radius 2 is 2.06 bits per heavy atom. The molecule has 0 aliphatic carbocycles. The van der Waals surface area contributed by atoms with Crippen molar-refractivity contribution >= 4 is 11.6 Å². The first-order chi connectivity index (χ1) is 7.74. The van der Waals surface area contributed by atoms with Crippen LogP contribution in [0.5, 0.6) is 0 Å². The van der Waals surface area contributed by atoms with Crippen LogP contribution in [-0.4, -0.2) is 34.5 Å². The molecular weight excluding hydrogens is 222 g/mol. The lowest BCUT2D eigenvalue weighted by molar-refractivity contribution is 0.333. The van der Waals surface area contributed by atoms with Crippen LogP contribution in [0.3, 0.4) is 0 Å². The summed E-state index contributed by atoms with van der Waals surface area (Å²) in [7, 11) is 0. The van der Waals surface area contributed by atoms with E-state index in [1.165, 1.54) is 32.5 Å². The first-order valence-corrected chi connectivity index (χ1v) is 6.34. The molecule has 1 fully saturated rings. The SMILES string of the molecule is Cc1nc(Cl)cc(CCCN2CCCC2)n1. The fraction of sp³-hybridized carbons (Fsp3) is 0.667. The molecule has 0 bridgehead atoms. The van der Waals surface area contributed by atoms with Crippen molar-refractivity contribution in [2.24, 2.45) is 0 Å². The molecule has 88 valence electrons. The van der Waals surface area contributed by atoms with Crippen molar-refractivity contribution in [3.63, 3.8) is 0 Å². The maximum Gasteiger partial charge on any atom is 0.133 e. The van der Waals surface area contributed by atoms with Gasteiger partial charge in [0.05, 0.1) is 0 Å². The monoisotopic (exact) mass is 239 g/mol. The highest BCUT2D eigenvalue weighted by atomic mass is 35.5. The molecule has 0 radical (unpaired) electrons. The average Bonchev–Trinajstić information content (AvgIpc) is 2.69. The molecule has 0 N–H and O–H groups in total. The fourth-order valence-corrected chi connectivity index (χ4v) is 2.46. The van der Waals surface area contributed by atoms with Gasteiger partial charge < -0.3 is 4.90 Å². The third-order valence-corrected chi connectivity index (χ3v) is 3.16. The summed E-state index contributed by atoms with van der Waals surface area (Å²) in [5.41, 5.74) is 1.07. The van der Waals surface area contributed by atoms with Crippen molar-refractivity contribution < 1.29 is 0 Å². The zero-order chi connectivity index (χ0) is 11.4. The van der Waals surface area contributed by atoms with E-state index in [1.807, 2.05) is 13.0 Å². The van der Waals surface area contributed by atoms with Crippen LogP contribution in [-0.2, 0) is 6.42 Å². The van der Waals surface area contributed by atoms with E-state index in [4.69, 9.17) is 11.6 Å². The summed E-state index contributed by atoms with van der Waals surface area (Å²) in [5.74, 6) is 0.767. The lowest BCUT2D eigenvalue weighted by atomic mass is 10.2. The number of aryl methyl sites for hydroxylation is 2. The molecule has 0 amide bonds. The van der Waals surface area contributed by atoms with Crippen LogP contribution in [0.4, 0.5) is 0 Å². The molecule has 1 aromatic heterocycles. The lowest BCUT2D eigenvalue weighted by Gasteiger charge is -2.13. The topological polar surface area (TPSA) is 29.0 Å². The summed E-state index contributed by atoms with van der Waals surface area (Å²) in [5, 5.41) is 0.559. The number of halogens is 1. The summed E-state index contributed by atoms with van der Waals surface area (Å²) < 4.78 is 0. The fourth-order valence-electron chi connectivity index (χ4n) is 2.21. The minimum absolute atomic E-state index is 0.559. The molecule has 1 aliphatic rings. The Labute approximate surface area is 102 Å². The van der Waals surface area contributed by atoms with E-state index in [0.717, 1.165) is 24.4 Å². The molecule has 1 aliphatic heterocycles. The molecule has 0 atom stereocenters. The van der Waals surface area contributed by atoms with Gasteiger partial charge in [0.1, 0.15) is 11.0 Å². The van der Waals surface area contributed by atoms with Gasteiger partial charge in [-0.2, -0.15) is 0 Å². The number of likely N-dealkylation sites (tertiary alicyclic amines) is 1. The van der Waals surface area contributed by atoms with Gasteiger partial charge in [0.15, 0.2) is 0 Å². The van der Waals surface area contributed by atoms with Gasteiger partial charge in [-0.1, -0.05) is 11.6 Å². The van der Waals surface area contributed by atoms with E-state index in [1.54, 1.807) is 0 Å². The number of rotatable bonds is 4. The van der Waals surface area contributed by atoms with Gasteiger partial charge in [-0.3, -0.25) is 0 Å². The van der Waals surface area contributed by atoms with Crippen molar-refractivity contribution in [1.82, 2.24) is 14.9 Å². The molecule has 0 unspecified atom stereocenters. The van der Waals surface area contributed by atoms with Crippen molar-refractivity contribution in [3.05, 3.63) is 22.7 Å². The largest absolute Gasteiger partial charge is 0.303 e. The highest BCUT2D eigenvalue weighted by Gasteiger charge is 2.10. The molecule has 3 nitrogen and oxygen atoms in total. The van der Waals surface area contributed by atoms with E-state index in [0.29, 0.717) is 5.15 Å². The lowest BCUT2D eigenvalue weighted by Crippen LogP contribution is -2.20. The predicted octanol–water partition coefficient (Wildman–Crippen LogP) is 2.47. The van der Waals surface area contributed by atoms with Crippen LogP contribution >= 0.6 is 11.6 Å². The Morgan fingerprint density at radius 3 is 2.75 bits per heavy atom. The zero-order valence-electron chi connectivity index (χ0n) is 9.75. The molecule has 1 saturated heterocycles. The minimum Gasteiger partial charge on any atom is -0.303 e. The third kappa shape index (κ3) is 3.42. The zero-order valence-corrected chi connectivity index (χ0v) is 10.5. The van der Waals surface area contributed by atoms with Crippen LogP contribution in [0.25, 0.3) is 0 Å². The number of hydrogen-bond acceptors (Lipinski definition) is 3. The van der Waals surface area contributed by atoms with Crippen LogP contribution in [0, 0.1) is 6.92 Å². The Hall–Kier alpha value is -0.670. The Morgan fingerprint density at radius 1 is 1.31 bits per heavy atom. The second-order valence-corrected chi connectivity index (χ2v) is 4.77. The van der Waals surface area contributed by atoms with Crippen molar-refractivity contribution in [2.45, 2.75) is 32.6 Å². The van der Waals surface area contributed by atoms with Crippen molar-refractivity contribution in [2.75, 3.05) is 19.6 Å². The molecule has 0 aromatic carbocycles. The van der Waals surface area contributed by atoms with Gasteiger partial charge >= 0.3 is 0 Å². The van der Waals surface area contributed by atoms with Crippen LogP contribution in [0.15, 0.2) is 6.07 Å². The van der Waals surface area contributed by atoms with E-state index in [2.05, 4.69) is 14.9 Å². The Bertz CT molecular complexity index is 328. The quantitative estimate of drug-likeness (QED) is 0.756. The summed E-state index contributed by atoms with van der Waals surface area (Å²) in [6.45, 7) is 5.60. The maximum atomic E-state index is 5.89. The van der Waals surface area contributed by atoms with Gasteiger partial charge in [0.25, 0.3) is 0 Å². The second-order valence-electron chi connectivity index (χ2n) is 4.38. The Kier molecular flexibility index (Phi) is 4.13. The summed E-state index contributed by atoms with van der Waals surface area (Å²) in [6, 6.07) is 1.87. The third-order valence-electron chi connectivity index (χ3n) is 2.97. The molecule has 16 heavy (non-hydrogen) atoms. The van der Waals surface area contributed by atoms with Crippen LogP contribution in [0.2, 0.25) is 5.15 Å². The average molecular weight is 240 g/mol. The maximum absolute atomic E-state index is 5.89. The standard InChI is InChI=1S/C12H18ClN3/c1-10-14-11(9-12(13)15-10)5-4-8-16-6-2-3-7-16/h9H,2-8H2,1H3. The molecule has 2 heterocycles. The number of aromatic nitrogens is 2. The predicted molar refractivity (Wildman–Crippen MR) is 65.8 cm³/mol. The van der Waals surface area contributed by atoms with E-state index in [-0.39, 0.29) is 0 Å². The second kappa shape index (κ2) is 5.60. The van der Waals surface area contributed by atoms with Gasteiger partial charge in [0.2, 0.25) is 0 Å². The van der Waals surface area contributed by atoms with Crippen molar-refractivity contribution in [1.29, 1.82) is 0 Å². The molecule has 2 rings (SSSR count). The van der Waals surface area contributed by atoms with E-state index < -0.39 is 0 Å². The summed E-state index contributed by atoms with van der Waals surface area (Å²) in [4.78, 5) is 11.0. The molecule has 4 heteroatoms. The highest BCUT2D eigenvalue weighted by molar-refractivity contribution is 6.29. The van der Waals surface area contributed by atoms with Gasteiger partial charge in [-0.05, 0) is 58.3 Å². The molecule has 0 spiro atoms. The normalized spacial score (nSPS) is 16.9. The highest BCUT2D eigenvalue weighted by Crippen LogP contribution is 2.11. The summed E-state index contributed by atoms with van der Waals surface area (Å²) >= 11 is 5.89. The van der Waals surface area contributed by atoms with Crippen LogP contribution < -0.4 is 0 Å². The molecule has 1 aromatic rings. The van der Waals surface area contributed by atoms with E-state index >= 15 is 0 Å². The van der Waals surface area contributed by atoms with Gasteiger partial charge in [-0.25, -0.2) is 9.97 Å². The Balaban J connectivity index is 1.80. The molecule has 0 saturated carbocycles. The summed E-state index contributed by atoms with van der Waals surface area (Å²) in [6.07, 6.45) is 4.88. The first-order valence-electron chi connectivity index (χ1n) is 5.96.